The first-order valence-corrected chi connectivity index (χ1v) is 8.01. The van der Waals surface area contributed by atoms with Gasteiger partial charge in [0.25, 0.3) is 0 Å². The molecule has 0 bridgehead atoms. The summed E-state index contributed by atoms with van der Waals surface area (Å²) in [6.45, 7) is 16.3. The summed E-state index contributed by atoms with van der Waals surface area (Å²) >= 11 is 0. The lowest BCUT2D eigenvalue weighted by Crippen LogP contribution is -2.04. The van der Waals surface area contributed by atoms with E-state index in [0.29, 0.717) is 5.92 Å². The van der Waals surface area contributed by atoms with E-state index in [0.717, 1.165) is 12.0 Å². The topological polar surface area (TPSA) is 17.1 Å². The van der Waals surface area contributed by atoms with Crippen LogP contribution >= 0.6 is 0 Å². The summed E-state index contributed by atoms with van der Waals surface area (Å²) < 4.78 is 0. The standard InChI is InChI=1S/C14H20O.C3H8.C2H6/c1-10(2)9-13-5-7-14(8-6-13)11(3)12(4)15;1-3-2;1-2/h5-8,10-11H,9H2,1-4H3;3H2,1-2H3;1-2H3. The molecule has 0 aromatic heterocycles. The van der Waals surface area contributed by atoms with Gasteiger partial charge in [-0.25, -0.2) is 0 Å². The molecule has 0 fully saturated rings. The second-order valence-electron chi connectivity index (χ2n) is 5.38. The van der Waals surface area contributed by atoms with Gasteiger partial charge in [-0.3, -0.25) is 4.79 Å². The van der Waals surface area contributed by atoms with Crippen LogP contribution in [0, 0.1) is 5.92 Å². The molecule has 0 saturated heterocycles. The van der Waals surface area contributed by atoms with Crippen LogP contribution in [0.4, 0.5) is 0 Å². The Morgan fingerprint density at radius 3 is 1.70 bits per heavy atom. The number of hydrogen-bond acceptors (Lipinski definition) is 1. The molecular weight excluding hydrogens is 244 g/mol. The number of rotatable bonds is 4. The SMILES string of the molecule is CC.CC(=O)C(C)c1ccc(CC(C)C)cc1.CCC. The Morgan fingerprint density at radius 1 is 1.00 bits per heavy atom. The highest BCUT2D eigenvalue weighted by atomic mass is 16.1. The molecular formula is C19H34O. The average Bonchev–Trinajstić information content (AvgIpc) is 2.41. The number of ketones is 1. The van der Waals surface area contributed by atoms with E-state index in [4.69, 9.17) is 0 Å². The third-order valence-corrected chi connectivity index (χ3v) is 2.73. The molecule has 1 heteroatoms. The lowest BCUT2D eigenvalue weighted by Gasteiger charge is -2.10. The van der Waals surface area contributed by atoms with Gasteiger partial charge in [-0.05, 0) is 30.4 Å². The van der Waals surface area contributed by atoms with Crippen molar-refractivity contribution in [3.8, 4) is 0 Å². The molecule has 1 aromatic rings. The Hall–Kier alpha value is -1.11. The lowest BCUT2D eigenvalue weighted by atomic mass is 9.95. The molecule has 1 rings (SSSR count). The first-order valence-electron chi connectivity index (χ1n) is 8.01. The van der Waals surface area contributed by atoms with Crippen molar-refractivity contribution < 1.29 is 4.79 Å². The van der Waals surface area contributed by atoms with E-state index in [9.17, 15) is 4.79 Å². The highest BCUT2D eigenvalue weighted by molar-refractivity contribution is 5.82. The average molecular weight is 278 g/mol. The van der Waals surface area contributed by atoms with Gasteiger partial charge in [0.2, 0.25) is 0 Å². The van der Waals surface area contributed by atoms with Gasteiger partial charge in [0.1, 0.15) is 5.78 Å². The van der Waals surface area contributed by atoms with Crippen molar-refractivity contribution in [3.05, 3.63) is 35.4 Å². The van der Waals surface area contributed by atoms with Crippen LogP contribution in [0.25, 0.3) is 0 Å². The van der Waals surface area contributed by atoms with Gasteiger partial charge in [-0.2, -0.15) is 0 Å². The van der Waals surface area contributed by atoms with Crippen LogP contribution in [-0.4, -0.2) is 5.78 Å². The van der Waals surface area contributed by atoms with Gasteiger partial charge in [0.05, 0.1) is 0 Å². The number of carbonyl (C=O) groups is 1. The first-order chi connectivity index (χ1) is 9.42. The molecule has 1 unspecified atom stereocenters. The van der Waals surface area contributed by atoms with Crippen molar-refractivity contribution in [2.24, 2.45) is 5.92 Å². The molecule has 0 aliphatic carbocycles. The summed E-state index contributed by atoms with van der Waals surface area (Å²) in [5, 5.41) is 0. The molecule has 0 N–H and O–H groups in total. The van der Waals surface area contributed by atoms with E-state index in [-0.39, 0.29) is 11.7 Å². The van der Waals surface area contributed by atoms with Crippen molar-refractivity contribution in [3.63, 3.8) is 0 Å². The minimum atomic E-state index is 0.0260. The minimum Gasteiger partial charge on any atom is -0.299 e. The predicted molar refractivity (Wildman–Crippen MR) is 91.4 cm³/mol. The summed E-state index contributed by atoms with van der Waals surface area (Å²) in [6, 6.07) is 8.41. The third-order valence-electron chi connectivity index (χ3n) is 2.73. The van der Waals surface area contributed by atoms with Crippen LogP contribution in [0.15, 0.2) is 24.3 Å². The van der Waals surface area contributed by atoms with Crippen LogP contribution in [-0.2, 0) is 11.2 Å². The molecule has 0 amide bonds. The molecule has 0 radical (unpaired) electrons. The predicted octanol–water partition coefficient (Wildman–Crippen LogP) is 6.02. The maximum atomic E-state index is 11.2. The van der Waals surface area contributed by atoms with Crippen LogP contribution in [0.5, 0.6) is 0 Å². The highest BCUT2D eigenvalue weighted by Crippen LogP contribution is 2.17. The molecule has 116 valence electrons. The van der Waals surface area contributed by atoms with Crippen molar-refractivity contribution >= 4 is 5.78 Å². The molecule has 0 saturated carbocycles. The van der Waals surface area contributed by atoms with Crippen molar-refractivity contribution in [2.45, 2.75) is 74.1 Å². The van der Waals surface area contributed by atoms with Crippen LogP contribution in [0.3, 0.4) is 0 Å². The molecule has 0 aliphatic rings. The summed E-state index contributed by atoms with van der Waals surface area (Å²) in [7, 11) is 0. The fraction of sp³-hybridized carbons (Fsp3) is 0.632. The van der Waals surface area contributed by atoms with Crippen molar-refractivity contribution in [1.82, 2.24) is 0 Å². The number of benzene rings is 1. The zero-order chi connectivity index (χ0) is 16.1. The number of Topliss-reactive ketones (excluding diaryl/α,β-unsaturated/α-hetero) is 1. The number of carbonyl (C=O) groups excluding carboxylic acids is 1. The van der Waals surface area contributed by atoms with Gasteiger partial charge < -0.3 is 0 Å². The minimum absolute atomic E-state index is 0.0260. The van der Waals surface area contributed by atoms with E-state index in [1.54, 1.807) is 6.92 Å². The van der Waals surface area contributed by atoms with Crippen LogP contribution in [0.2, 0.25) is 0 Å². The van der Waals surface area contributed by atoms with E-state index in [1.165, 1.54) is 12.0 Å². The zero-order valence-electron chi connectivity index (χ0n) is 14.8. The quantitative estimate of drug-likeness (QED) is 0.658. The Bertz CT molecular complexity index is 335. The maximum Gasteiger partial charge on any atom is 0.136 e. The van der Waals surface area contributed by atoms with Gasteiger partial charge in [-0.15, -0.1) is 0 Å². The monoisotopic (exact) mass is 278 g/mol. The molecule has 0 spiro atoms. The summed E-state index contributed by atoms with van der Waals surface area (Å²) in [5.74, 6) is 0.936. The fourth-order valence-electron chi connectivity index (χ4n) is 1.65. The Balaban J connectivity index is 0. The van der Waals surface area contributed by atoms with Crippen LogP contribution in [0.1, 0.15) is 78.9 Å². The van der Waals surface area contributed by atoms with E-state index in [1.807, 2.05) is 20.8 Å². The van der Waals surface area contributed by atoms with Gasteiger partial charge in [0, 0.05) is 5.92 Å². The summed E-state index contributed by atoms with van der Waals surface area (Å²) in [4.78, 5) is 11.2. The van der Waals surface area contributed by atoms with E-state index >= 15 is 0 Å². The smallest absolute Gasteiger partial charge is 0.136 e. The van der Waals surface area contributed by atoms with E-state index in [2.05, 4.69) is 52.0 Å². The Labute approximate surface area is 126 Å². The normalized spacial score (nSPS) is 10.8. The second-order valence-corrected chi connectivity index (χ2v) is 5.38. The van der Waals surface area contributed by atoms with E-state index < -0.39 is 0 Å². The molecule has 20 heavy (non-hydrogen) atoms. The van der Waals surface area contributed by atoms with Crippen molar-refractivity contribution in [2.75, 3.05) is 0 Å². The van der Waals surface area contributed by atoms with Crippen LogP contribution < -0.4 is 0 Å². The zero-order valence-corrected chi connectivity index (χ0v) is 14.8. The van der Waals surface area contributed by atoms with Gasteiger partial charge >= 0.3 is 0 Å². The first kappa shape index (κ1) is 21.2. The molecule has 0 aliphatic heterocycles. The molecule has 0 heterocycles. The Morgan fingerprint density at radius 2 is 1.40 bits per heavy atom. The number of hydrogen-bond donors (Lipinski definition) is 0. The Kier molecular flexibility index (Phi) is 13.7. The largest absolute Gasteiger partial charge is 0.299 e. The highest BCUT2D eigenvalue weighted by Gasteiger charge is 2.09. The molecule has 1 aromatic carbocycles. The van der Waals surface area contributed by atoms with Crippen molar-refractivity contribution in [1.29, 1.82) is 0 Å². The fourth-order valence-corrected chi connectivity index (χ4v) is 1.65. The maximum absolute atomic E-state index is 11.2. The lowest BCUT2D eigenvalue weighted by molar-refractivity contribution is -0.118. The molecule has 1 atom stereocenters. The third kappa shape index (κ3) is 9.77. The van der Waals surface area contributed by atoms with Gasteiger partial charge in [0.15, 0.2) is 0 Å². The van der Waals surface area contributed by atoms with Gasteiger partial charge in [-0.1, -0.05) is 79.2 Å². The molecule has 1 nitrogen and oxygen atoms in total. The summed E-state index contributed by atoms with van der Waals surface area (Å²) in [5.41, 5.74) is 2.47. The second kappa shape index (κ2) is 12.9. The summed E-state index contributed by atoms with van der Waals surface area (Å²) in [6.07, 6.45) is 2.36.